The second-order valence-corrected chi connectivity index (χ2v) is 10.0. The maximum atomic E-state index is 12.7. The molecule has 3 rings (SSSR count). The fourth-order valence-corrected chi connectivity index (χ4v) is 5.08. The van der Waals surface area contributed by atoms with Crippen LogP contribution in [0.4, 0.5) is 5.69 Å². The Balaban J connectivity index is 1.78. The van der Waals surface area contributed by atoms with Crippen molar-refractivity contribution in [1.29, 1.82) is 0 Å². The van der Waals surface area contributed by atoms with E-state index in [4.69, 9.17) is 23.2 Å². The summed E-state index contributed by atoms with van der Waals surface area (Å²) in [5, 5.41) is 12.7. The van der Waals surface area contributed by atoms with Gasteiger partial charge in [0.1, 0.15) is 0 Å². The Labute approximate surface area is 190 Å². The highest BCUT2D eigenvalue weighted by molar-refractivity contribution is 7.90. The third-order valence-electron chi connectivity index (χ3n) is 4.32. The molecular weight excluding hydrogens is 459 g/mol. The topological polar surface area (TPSA) is 96.4 Å². The molecule has 1 heterocycles. The van der Waals surface area contributed by atoms with Gasteiger partial charge >= 0.3 is 0 Å². The number of aliphatic hydroxyl groups is 1. The number of pyridine rings is 1. The molecule has 6 nitrogen and oxygen atoms in total. The maximum Gasteiger partial charge on any atom is 0.257 e. The number of sulfone groups is 1. The summed E-state index contributed by atoms with van der Waals surface area (Å²) in [5.41, 5.74) is 2.49. The number of benzene rings is 2. The Morgan fingerprint density at radius 3 is 2.52 bits per heavy atom. The lowest BCUT2D eigenvalue weighted by Gasteiger charge is -2.11. The molecular formula is C22H20Cl2N2O4S. The number of hydrogen-bond acceptors (Lipinski definition) is 5. The highest BCUT2D eigenvalue weighted by atomic mass is 35.5. The summed E-state index contributed by atoms with van der Waals surface area (Å²) in [6.07, 6.45) is 0.695. The summed E-state index contributed by atoms with van der Waals surface area (Å²) < 4.78 is 24.1. The van der Waals surface area contributed by atoms with Crippen molar-refractivity contribution in [3.8, 4) is 11.3 Å². The van der Waals surface area contributed by atoms with Crippen molar-refractivity contribution >= 4 is 44.6 Å². The average molecular weight is 479 g/mol. The summed E-state index contributed by atoms with van der Waals surface area (Å²) in [4.78, 5) is 17.0. The monoisotopic (exact) mass is 478 g/mol. The third-order valence-corrected chi connectivity index (χ3v) is 6.73. The van der Waals surface area contributed by atoms with Gasteiger partial charge < -0.3 is 10.4 Å². The first-order valence-corrected chi connectivity index (χ1v) is 11.9. The minimum atomic E-state index is -3.50. The number of carbonyl (C=O) groups is 1. The van der Waals surface area contributed by atoms with Crippen LogP contribution in [0.5, 0.6) is 0 Å². The van der Waals surface area contributed by atoms with Gasteiger partial charge in [-0.15, -0.1) is 0 Å². The second kappa shape index (κ2) is 9.78. The van der Waals surface area contributed by atoms with Crippen molar-refractivity contribution in [2.45, 2.75) is 18.8 Å². The van der Waals surface area contributed by atoms with Crippen LogP contribution in [0, 0.1) is 0 Å². The molecule has 0 bridgehead atoms. The lowest BCUT2D eigenvalue weighted by atomic mass is 10.1. The molecule has 1 atom stereocenters. The van der Waals surface area contributed by atoms with E-state index in [0.29, 0.717) is 27.5 Å². The van der Waals surface area contributed by atoms with Crippen LogP contribution in [0.25, 0.3) is 11.3 Å². The molecule has 1 amide bonds. The van der Waals surface area contributed by atoms with Gasteiger partial charge in [0, 0.05) is 17.4 Å². The summed E-state index contributed by atoms with van der Waals surface area (Å²) in [6.45, 7) is 1.41. The van der Waals surface area contributed by atoms with Gasteiger partial charge in [0.25, 0.3) is 5.91 Å². The Morgan fingerprint density at radius 2 is 1.87 bits per heavy atom. The molecule has 0 fully saturated rings. The standard InChI is InChI=1S/C22H20Cl2N2O4S/c1-14(27)12-31(29,30)13-15-5-7-17(20(24)10-15)22(28)26-16-6-8-19(23)18(11-16)21-4-2-3-9-25-21/h2-11,14,27H,12-13H2,1H3,(H,26,28). The number of nitrogens with zero attached hydrogens (tertiary/aromatic N) is 1. The Kier molecular flexibility index (Phi) is 7.33. The first-order chi connectivity index (χ1) is 14.6. The largest absolute Gasteiger partial charge is 0.392 e. The summed E-state index contributed by atoms with van der Waals surface area (Å²) in [7, 11) is -3.50. The number of anilines is 1. The molecule has 9 heteroatoms. The summed E-state index contributed by atoms with van der Waals surface area (Å²) in [5.74, 6) is -1.07. The molecule has 162 valence electrons. The van der Waals surface area contributed by atoms with E-state index in [2.05, 4.69) is 10.3 Å². The molecule has 31 heavy (non-hydrogen) atoms. The Morgan fingerprint density at radius 1 is 1.10 bits per heavy atom. The van der Waals surface area contributed by atoms with Crippen LogP contribution in [0.3, 0.4) is 0 Å². The van der Waals surface area contributed by atoms with E-state index >= 15 is 0 Å². The highest BCUT2D eigenvalue weighted by Crippen LogP contribution is 2.30. The molecule has 0 aliphatic heterocycles. The zero-order valence-electron chi connectivity index (χ0n) is 16.5. The van der Waals surface area contributed by atoms with E-state index in [0.717, 1.165) is 0 Å². The van der Waals surface area contributed by atoms with Gasteiger partial charge in [-0.05, 0) is 55.0 Å². The number of amides is 1. The minimum Gasteiger partial charge on any atom is -0.392 e. The van der Waals surface area contributed by atoms with E-state index in [1.54, 1.807) is 30.5 Å². The lowest BCUT2D eigenvalue weighted by Crippen LogP contribution is -2.19. The van der Waals surface area contributed by atoms with Crippen LogP contribution >= 0.6 is 23.2 Å². The minimum absolute atomic E-state index is 0.126. The van der Waals surface area contributed by atoms with Crippen LogP contribution in [0.1, 0.15) is 22.8 Å². The number of aliphatic hydroxyl groups excluding tert-OH is 1. The number of halogens is 2. The van der Waals surface area contributed by atoms with E-state index in [1.807, 2.05) is 12.1 Å². The maximum absolute atomic E-state index is 12.7. The number of aromatic nitrogens is 1. The van der Waals surface area contributed by atoms with Crippen LogP contribution in [-0.4, -0.2) is 36.3 Å². The molecule has 0 spiro atoms. The van der Waals surface area contributed by atoms with Crippen molar-refractivity contribution < 1.29 is 18.3 Å². The molecule has 0 aliphatic carbocycles. The fourth-order valence-electron chi connectivity index (χ4n) is 3.03. The van der Waals surface area contributed by atoms with Crippen LogP contribution < -0.4 is 5.32 Å². The number of hydrogen-bond donors (Lipinski definition) is 2. The van der Waals surface area contributed by atoms with Gasteiger partial charge in [-0.25, -0.2) is 8.42 Å². The normalized spacial score (nSPS) is 12.4. The van der Waals surface area contributed by atoms with E-state index in [1.165, 1.54) is 25.1 Å². The van der Waals surface area contributed by atoms with Crippen LogP contribution in [0.15, 0.2) is 60.8 Å². The average Bonchev–Trinajstić information content (AvgIpc) is 2.68. The molecule has 2 N–H and O–H groups in total. The number of rotatable bonds is 7. The smallest absolute Gasteiger partial charge is 0.257 e. The molecule has 1 aromatic heterocycles. The van der Waals surface area contributed by atoms with Crippen LogP contribution in [0.2, 0.25) is 10.0 Å². The van der Waals surface area contributed by atoms with Gasteiger partial charge in [-0.1, -0.05) is 35.3 Å². The zero-order valence-corrected chi connectivity index (χ0v) is 18.9. The van der Waals surface area contributed by atoms with Gasteiger partial charge in [0.2, 0.25) is 0 Å². The molecule has 0 aliphatic rings. The first-order valence-electron chi connectivity index (χ1n) is 9.34. The molecule has 0 saturated carbocycles. The van der Waals surface area contributed by atoms with Gasteiger partial charge in [0.15, 0.2) is 9.84 Å². The zero-order chi connectivity index (χ0) is 22.6. The van der Waals surface area contributed by atoms with Crippen molar-refractivity contribution in [1.82, 2.24) is 4.98 Å². The predicted octanol–water partition coefficient (Wildman–Crippen LogP) is 4.60. The summed E-state index contributed by atoms with van der Waals surface area (Å²) in [6, 6.07) is 14.9. The number of nitrogens with one attached hydrogen (secondary N) is 1. The van der Waals surface area contributed by atoms with Gasteiger partial charge in [0.05, 0.1) is 38.9 Å². The highest BCUT2D eigenvalue weighted by Gasteiger charge is 2.18. The SMILES string of the molecule is CC(O)CS(=O)(=O)Cc1ccc(C(=O)Nc2ccc(Cl)c(-c3ccccn3)c2)c(Cl)c1. The Bertz CT molecular complexity index is 1200. The molecule has 0 saturated heterocycles. The molecule has 3 aromatic rings. The molecule has 2 aromatic carbocycles. The first kappa shape index (κ1) is 23.2. The summed E-state index contributed by atoms with van der Waals surface area (Å²) >= 11 is 12.5. The van der Waals surface area contributed by atoms with Crippen LogP contribution in [-0.2, 0) is 15.6 Å². The predicted molar refractivity (Wildman–Crippen MR) is 123 cm³/mol. The third kappa shape index (κ3) is 6.27. The van der Waals surface area contributed by atoms with Crippen molar-refractivity contribution in [2.75, 3.05) is 11.1 Å². The van der Waals surface area contributed by atoms with E-state index < -0.39 is 21.8 Å². The van der Waals surface area contributed by atoms with Gasteiger partial charge in [-0.3, -0.25) is 9.78 Å². The molecule has 0 radical (unpaired) electrons. The second-order valence-electron chi connectivity index (χ2n) is 7.08. The van der Waals surface area contributed by atoms with E-state index in [9.17, 15) is 18.3 Å². The quantitative estimate of drug-likeness (QED) is 0.516. The molecule has 1 unspecified atom stereocenters. The van der Waals surface area contributed by atoms with Crippen molar-refractivity contribution in [2.24, 2.45) is 0 Å². The fraction of sp³-hybridized carbons (Fsp3) is 0.182. The van der Waals surface area contributed by atoms with Crippen molar-refractivity contribution in [3.63, 3.8) is 0 Å². The number of carbonyl (C=O) groups excluding carboxylic acids is 1. The Hall–Kier alpha value is -2.45. The van der Waals surface area contributed by atoms with Gasteiger partial charge in [-0.2, -0.15) is 0 Å². The van der Waals surface area contributed by atoms with Crippen molar-refractivity contribution in [3.05, 3.63) is 82.0 Å². The van der Waals surface area contributed by atoms with E-state index in [-0.39, 0.29) is 22.1 Å². The lowest BCUT2D eigenvalue weighted by molar-refractivity contribution is 0.102.